The lowest BCUT2D eigenvalue weighted by Crippen LogP contribution is -2.61. The zero-order valence-electron chi connectivity index (χ0n) is 34.0. The normalized spacial score (nSPS) is 14.0. The maximum absolute atomic E-state index is 6.60. The molecular weight excluding hydrogens is 739 g/mol. The molecule has 9 aromatic rings. The third-order valence-corrected chi connectivity index (χ3v) is 12.4. The van der Waals surface area contributed by atoms with Crippen molar-refractivity contribution in [2.45, 2.75) is 33.1 Å². The summed E-state index contributed by atoms with van der Waals surface area (Å²) >= 11 is 0. The molecule has 0 saturated carbocycles. The standard InChI is InChI=1S/C53H41BN2O4/c1-32-26-43-50-44(27-32)56(38-19-17-37(18-20-38)53(2,3)4)51-41(22-23-47-52(51)58-25-24-57-47)54(50)40-21-16-36(49-31-35-11-6-8-15-46(35)60-49)29-42(40)55(43)39-13-9-12-33(28-39)48-30-34-10-5-7-14-45(34)59-48/h5-23,26-31H,24-25H2,1-4H3. The summed E-state index contributed by atoms with van der Waals surface area (Å²) in [5, 5.41) is 2.16. The van der Waals surface area contributed by atoms with Crippen molar-refractivity contribution in [2.75, 3.05) is 23.0 Å². The van der Waals surface area contributed by atoms with Crippen LogP contribution in [-0.2, 0) is 5.41 Å². The molecule has 0 aliphatic carbocycles. The summed E-state index contributed by atoms with van der Waals surface area (Å²) in [5.74, 6) is 3.22. The van der Waals surface area contributed by atoms with Gasteiger partial charge in [-0.2, -0.15) is 0 Å². The molecule has 290 valence electrons. The van der Waals surface area contributed by atoms with Crippen LogP contribution < -0.4 is 35.7 Å². The largest absolute Gasteiger partial charge is 0.486 e. The minimum absolute atomic E-state index is 0.0182. The lowest BCUT2D eigenvalue weighted by atomic mass is 9.33. The Labute approximate surface area is 349 Å². The van der Waals surface area contributed by atoms with Gasteiger partial charge >= 0.3 is 0 Å². The Hall–Kier alpha value is -7.12. The topological polar surface area (TPSA) is 51.2 Å². The highest BCUT2D eigenvalue weighted by molar-refractivity contribution is 7.00. The number of nitrogens with zero attached hydrogens (tertiary/aromatic N) is 2. The van der Waals surface area contributed by atoms with Crippen LogP contribution in [0.15, 0.2) is 160 Å². The molecule has 0 N–H and O–H groups in total. The Balaban J connectivity index is 1.13. The molecule has 12 rings (SSSR count). The van der Waals surface area contributed by atoms with Gasteiger partial charge < -0.3 is 28.1 Å². The van der Waals surface area contributed by atoms with Crippen LogP contribution >= 0.6 is 0 Å². The van der Waals surface area contributed by atoms with Gasteiger partial charge in [0.25, 0.3) is 6.71 Å². The van der Waals surface area contributed by atoms with Gasteiger partial charge in [0.15, 0.2) is 11.5 Å². The fourth-order valence-corrected chi connectivity index (χ4v) is 9.57. The molecule has 7 heteroatoms. The number of anilines is 6. The highest BCUT2D eigenvalue weighted by atomic mass is 16.6. The first-order valence-corrected chi connectivity index (χ1v) is 20.8. The monoisotopic (exact) mass is 780 g/mol. The van der Waals surface area contributed by atoms with E-state index in [-0.39, 0.29) is 12.1 Å². The van der Waals surface area contributed by atoms with Crippen LogP contribution in [0, 0.1) is 6.92 Å². The zero-order chi connectivity index (χ0) is 40.3. The van der Waals surface area contributed by atoms with Crippen LogP contribution in [0.25, 0.3) is 44.6 Å². The third kappa shape index (κ3) is 5.35. The van der Waals surface area contributed by atoms with Crippen LogP contribution in [0.2, 0.25) is 0 Å². The van der Waals surface area contributed by atoms with Crippen LogP contribution in [0.3, 0.4) is 0 Å². The second-order valence-corrected chi connectivity index (χ2v) is 17.3. The third-order valence-electron chi connectivity index (χ3n) is 12.4. The highest BCUT2D eigenvalue weighted by Gasteiger charge is 2.45. The van der Waals surface area contributed by atoms with Crippen molar-refractivity contribution in [1.29, 1.82) is 0 Å². The Morgan fingerprint density at radius 1 is 0.533 bits per heavy atom. The number of hydrogen-bond donors (Lipinski definition) is 0. The first-order valence-electron chi connectivity index (χ1n) is 20.8. The lowest BCUT2D eigenvalue weighted by molar-refractivity contribution is 0.172. The van der Waals surface area contributed by atoms with E-state index in [1.54, 1.807) is 0 Å². The van der Waals surface area contributed by atoms with Gasteiger partial charge in [-0.1, -0.05) is 99.6 Å². The van der Waals surface area contributed by atoms with Gasteiger partial charge in [-0.25, -0.2) is 0 Å². The van der Waals surface area contributed by atoms with E-state index >= 15 is 0 Å². The SMILES string of the molecule is Cc1cc2c3c(c1)N(c1ccc(C(C)(C)C)cc1)c1c(ccc4c1OCCO4)B3c1ccc(-c3cc4ccccc4o3)cc1N2c1cccc(-c2cc3ccccc3o2)c1. The zero-order valence-corrected chi connectivity index (χ0v) is 34.0. The smallest absolute Gasteiger partial charge is 0.252 e. The molecule has 6 nitrogen and oxygen atoms in total. The molecule has 2 aromatic heterocycles. The van der Waals surface area contributed by atoms with Crippen LogP contribution in [-0.4, -0.2) is 19.9 Å². The molecule has 0 spiro atoms. The number of rotatable bonds is 4. The molecular formula is C53H41BN2O4. The maximum Gasteiger partial charge on any atom is 0.252 e. The molecule has 0 bridgehead atoms. The number of benzene rings is 7. The average molecular weight is 781 g/mol. The summed E-state index contributed by atoms with van der Waals surface area (Å²) in [6, 6.07) is 54.3. The fourth-order valence-electron chi connectivity index (χ4n) is 9.57. The summed E-state index contributed by atoms with van der Waals surface area (Å²) in [6.07, 6.45) is 0. The number of hydrogen-bond acceptors (Lipinski definition) is 6. The number of furan rings is 2. The van der Waals surface area contributed by atoms with Gasteiger partial charge in [-0.3, -0.25) is 0 Å². The predicted molar refractivity (Wildman–Crippen MR) is 245 cm³/mol. The van der Waals surface area contributed by atoms with Crippen molar-refractivity contribution >= 4 is 79.2 Å². The van der Waals surface area contributed by atoms with Gasteiger partial charge in [0, 0.05) is 50.3 Å². The van der Waals surface area contributed by atoms with Gasteiger partial charge in [0.2, 0.25) is 0 Å². The van der Waals surface area contributed by atoms with Crippen molar-refractivity contribution in [3.63, 3.8) is 0 Å². The highest BCUT2D eigenvalue weighted by Crippen LogP contribution is 2.51. The second-order valence-electron chi connectivity index (χ2n) is 17.3. The quantitative estimate of drug-likeness (QED) is 0.166. The van der Waals surface area contributed by atoms with Crippen molar-refractivity contribution < 1.29 is 18.3 Å². The van der Waals surface area contributed by atoms with Crippen molar-refractivity contribution in [1.82, 2.24) is 0 Å². The number of ether oxygens (including phenoxy) is 2. The van der Waals surface area contributed by atoms with Crippen molar-refractivity contribution in [2.24, 2.45) is 0 Å². The summed E-state index contributed by atoms with van der Waals surface area (Å²) in [4.78, 5) is 4.86. The predicted octanol–water partition coefficient (Wildman–Crippen LogP) is 12.0. The van der Waals surface area contributed by atoms with Crippen LogP contribution in [0.5, 0.6) is 11.5 Å². The molecule has 0 atom stereocenters. The van der Waals surface area contributed by atoms with Crippen molar-refractivity contribution in [3.05, 3.63) is 163 Å². The summed E-state index contributed by atoms with van der Waals surface area (Å²) in [7, 11) is 0. The minimum atomic E-state index is -0.0962. The Morgan fingerprint density at radius 2 is 1.18 bits per heavy atom. The van der Waals surface area contributed by atoms with E-state index in [1.165, 1.54) is 22.0 Å². The number of para-hydroxylation sites is 2. The Bertz CT molecular complexity index is 3120. The van der Waals surface area contributed by atoms with Gasteiger partial charge in [0.1, 0.15) is 35.9 Å². The Morgan fingerprint density at radius 3 is 1.88 bits per heavy atom. The first kappa shape index (κ1) is 34.9. The maximum atomic E-state index is 6.60. The van der Waals surface area contributed by atoms with E-state index in [2.05, 4.69) is 165 Å². The molecule has 3 aliphatic rings. The number of aryl methyl sites for hydroxylation is 1. The van der Waals surface area contributed by atoms with E-state index in [0.717, 1.165) is 95.8 Å². The van der Waals surface area contributed by atoms with E-state index in [9.17, 15) is 0 Å². The minimum Gasteiger partial charge on any atom is -0.486 e. The molecule has 7 aromatic carbocycles. The summed E-state index contributed by atoms with van der Waals surface area (Å²) in [5.41, 5.74) is 16.3. The molecule has 3 aliphatic heterocycles. The molecule has 0 saturated heterocycles. The molecule has 0 unspecified atom stereocenters. The molecule has 5 heterocycles. The second kappa shape index (κ2) is 12.9. The average Bonchev–Trinajstić information content (AvgIpc) is 3.91. The van der Waals surface area contributed by atoms with Gasteiger partial charge in [-0.05, 0) is 113 Å². The van der Waals surface area contributed by atoms with Crippen molar-refractivity contribution in [3.8, 4) is 34.1 Å². The summed E-state index contributed by atoms with van der Waals surface area (Å²) in [6.45, 7) is 9.89. The summed E-state index contributed by atoms with van der Waals surface area (Å²) < 4.78 is 25.8. The molecule has 0 radical (unpaired) electrons. The van der Waals surface area contributed by atoms with E-state index in [4.69, 9.17) is 18.3 Å². The molecule has 60 heavy (non-hydrogen) atoms. The van der Waals surface area contributed by atoms with E-state index in [1.807, 2.05) is 24.3 Å². The van der Waals surface area contributed by atoms with E-state index in [0.29, 0.717) is 13.2 Å². The number of fused-ring (bicyclic) bond motifs is 8. The molecule has 0 amide bonds. The fraction of sp³-hybridized carbons (Fsp3) is 0.132. The van der Waals surface area contributed by atoms with Gasteiger partial charge in [-0.15, -0.1) is 0 Å². The van der Waals surface area contributed by atoms with Crippen LogP contribution in [0.4, 0.5) is 34.1 Å². The van der Waals surface area contributed by atoms with E-state index < -0.39 is 0 Å². The first-order chi connectivity index (χ1) is 29.3. The van der Waals surface area contributed by atoms with Gasteiger partial charge in [0.05, 0.1) is 5.69 Å². The molecule has 0 fully saturated rings. The lowest BCUT2D eigenvalue weighted by Gasteiger charge is -2.45. The van der Waals surface area contributed by atoms with Crippen LogP contribution in [0.1, 0.15) is 31.9 Å². The Kier molecular flexibility index (Phi) is 7.52.